The van der Waals surface area contributed by atoms with Gasteiger partial charge in [-0.3, -0.25) is 4.79 Å². The molecule has 0 heterocycles. The number of nitrogens with one attached hydrogen (secondary N) is 2. The van der Waals surface area contributed by atoms with E-state index in [9.17, 15) is 4.79 Å². The zero-order valence-electron chi connectivity index (χ0n) is 16.4. The molecule has 0 spiro atoms. The average molecular weight is 427 g/mol. The minimum atomic E-state index is 0.00165. The average Bonchev–Trinajstić information content (AvgIpc) is 2.60. The molecule has 6 nitrogen and oxygen atoms in total. The van der Waals surface area contributed by atoms with Crippen LogP contribution in [-0.4, -0.2) is 57.7 Å². The highest BCUT2D eigenvalue weighted by Crippen LogP contribution is 2.18. The summed E-state index contributed by atoms with van der Waals surface area (Å²) in [6, 6.07) is 8.04. The molecule has 1 amide bonds. The number of amides is 1. The zero-order chi connectivity index (χ0) is 19.6. The van der Waals surface area contributed by atoms with Gasteiger partial charge in [-0.2, -0.15) is 0 Å². The van der Waals surface area contributed by atoms with E-state index in [0.29, 0.717) is 19.1 Å². The predicted octanol–water partition coefficient (Wildman–Crippen LogP) is 2.64. The summed E-state index contributed by atoms with van der Waals surface area (Å²) in [5.41, 5.74) is 1.16. The lowest BCUT2D eigenvalue weighted by Crippen LogP contribution is -2.45. The Morgan fingerprint density at radius 1 is 1.23 bits per heavy atom. The second kappa shape index (κ2) is 11.2. The Morgan fingerprint density at radius 2 is 1.88 bits per heavy atom. The largest absolute Gasteiger partial charge is 0.385 e. The predicted molar refractivity (Wildman–Crippen MR) is 110 cm³/mol. The highest BCUT2D eigenvalue weighted by molar-refractivity contribution is 9.10. The number of carbonyl (C=O) groups excluding carboxylic acids is 1. The van der Waals surface area contributed by atoms with E-state index < -0.39 is 0 Å². The fourth-order valence-corrected chi connectivity index (χ4v) is 2.31. The van der Waals surface area contributed by atoms with Crippen LogP contribution in [0.25, 0.3) is 0 Å². The van der Waals surface area contributed by atoms with Crippen molar-refractivity contribution in [1.82, 2.24) is 15.5 Å². The molecule has 0 aliphatic carbocycles. The number of likely N-dealkylation sites (N-methyl/N-ethyl adjacent to an activating group) is 1. The summed E-state index contributed by atoms with van der Waals surface area (Å²) < 4.78 is 6.22. The lowest BCUT2D eigenvalue weighted by molar-refractivity contribution is -0.127. The first-order chi connectivity index (χ1) is 12.2. The number of nitrogens with zero attached hydrogens (tertiary/aromatic N) is 2. The Hall–Kier alpha value is -1.60. The third kappa shape index (κ3) is 9.20. The normalized spacial score (nSPS) is 12.0. The van der Waals surface area contributed by atoms with Crippen LogP contribution in [0.15, 0.2) is 33.7 Å². The lowest BCUT2D eigenvalue weighted by Gasteiger charge is -2.26. The molecule has 0 aliphatic heterocycles. The minimum absolute atomic E-state index is 0.00165. The number of ether oxygens (including phenoxy) is 1. The van der Waals surface area contributed by atoms with E-state index in [1.165, 1.54) is 0 Å². The van der Waals surface area contributed by atoms with Gasteiger partial charge in [0.25, 0.3) is 0 Å². The summed E-state index contributed by atoms with van der Waals surface area (Å²) in [4.78, 5) is 18.0. The van der Waals surface area contributed by atoms with E-state index in [4.69, 9.17) is 4.74 Å². The SMILES string of the molecule is COCCC(C)(C)CNC(=NCc1ccc(Br)cc1)NCC(=O)N(C)C. The third-order valence-electron chi connectivity index (χ3n) is 3.96. The van der Waals surface area contributed by atoms with Gasteiger partial charge >= 0.3 is 0 Å². The maximum Gasteiger partial charge on any atom is 0.241 e. The molecule has 0 radical (unpaired) electrons. The number of aliphatic imine (C=N–C) groups is 1. The molecule has 0 saturated heterocycles. The van der Waals surface area contributed by atoms with Crippen LogP contribution in [0.1, 0.15) is 25.8 Å². The highest BCUT2D eigenvalue weighted by atomic mass is 79.9. The molecule has 1 rings (SSSR count). The summed E-state index contributed by atoms with van der Waals surface area (Å²) in [5, 5.41) is 6.47. The Bertz CT molecular complexity index is 586. The van der Waals surface area contributed by atoms with Gasteiger partial charge in [-0.15, -0.1) is 0 Å². The van der Waals surface area contributed by atoms with E-state index in [-0.39, 0.29) is 17.9 Å². The Morgan fingerprint density at radius 3 is 2.46 bits per heavy atom. The molecule has 0 unspecified atom stereocenters. The molecule has 0 bridgehead atoms. The number of benzene rings is 1. The van der Waals surface area contributed by atoms with Gasteiger partial charge in [0.15, 0.2) is 5.96 Å². The minimum Gasteiger partial charge on any atom is -0.385 e. The molecular formula is C19H31BrN4O2. The van der Waals surface area contributed by atoms with Gasteiger partial charge in [0.1, 0.15) is 0 Å². The van der Waals surface area contributed by atoms with E-state index in [2.05, 4.69) is 45.4 Å². The van der Waals surface area contributed by atoms with Crippen LogP contribution in [0, 0.1) is 5.41 Å². The van der Waals surface area contributed by atoms with Crippen molar-refractivity contribution in [1.29, 1.82) is 0 Å². The van der Waals surface area contributed by atoms with Gasteiger partial charge in [-0.05, 0) is 29.5 Å². The number of methoxy groups -OCH3 is 1. The lowest BCUT2D eigenvalue weighted by atomic mass is 9.90. The third-order valence-corrected chi connectivity index (χ3v) is 4.48. The molecule has 146 valence electrons. The van der Waals surface area contributed by atoms with Crippen molar-refractivity contribution < 1.29 is 9.53 Å². The Kier molecular flexibility index (Phi) is 9.65. The van der Waals surface area contributed by atoms with Gasteiger partial charge in [-0.1, -0.05) is 41.9 Å². The van der Waals surface area contributed by atoms with Crippen LogP contribution in [-0.2, 0) is 16.1 Å². The first-order valence-corrected chi connectivity index (χ1v) is 9.48. The number of carbonyl (C=O) groups is 1. The van der Waals surface area contributed by atoms with Crippen molar-refractivity contribution in [2.24, 2.45) is 10.4 Å². The van der Waals surface area contributed by atoms with Gasteiger partial charge < -0.3 is 20.3 Å². The maximum atomic E-state index is 11.9. The molecule has 0 fully saturated rings. The molecule has 0 aromatic heterocycles. The number of halogens is 1. The molecule has 0 saturated carbocycles. The van der Waals surface area contributed by atoms with E-state index >= 15 is 0 Å². The number of rotatable bonds is 9. The molecular weight excluding hydrogens is 396 g/mol. The quantitative estimate of drug-likeness (QED) is 0.470. The first-order valence-electron chi connectivity index (χ1n) is 8.69. The number of hydrogen-bond acceptors (Lipinski definition) is 3. The van der Waals surface area contributed by atoms with Crippen LogP contribution in [0.2, 0.25) is 0 Å². The number of guanidine groups is 1. The summed E-state index contributed by atoms with van der Waals surface area (Å²) >= 11 is 3.43. The zero-order valence-corrected chi connectivity index (χ0v) is 18.0. The van der Waals surface area contributed by atoms with Gasteiger partial charge in [0.05, 0.1) is 13.1 Å². The van der Waals surface area contributed by atoms with E-state index in [1.807, 2.05) is 24.3 Å². The standard InChI is InChI=1S/C19H31BrN4O2/c1-19(2,10-11-26-5)14-23-18(22-13-17(25)24(3)4)21-12-15-6-8-16(20)9-7-15/h6-9H,10-14H2,1-5H3,(H2,21,22,23). The molecule has 0 atom stereocenters. The van der Waals surface area contributed by atoms with E-state index in [1.54, 1.807) is 26.1 Å². The second-order valence-corrected chi connectivity index (χ2v) is 8.11. The second-order valence-electron chi connectivity index (χ2n) is 7.19. The molecule has 26 heavy (non-hydrogen) atoms. The smallest absolute Gasteiger partial charge is 0.241 e. The summed E-state index contributed by atoms with van der Waals surface area (Å²) in [5.74, 6) is 0.635. The maximum absolute atomic E-state index is 11.9. The topological polar surface area (TPSA) is 66.0 Å². The van der Waals surface area contributed by atoms with Gasteiger partial charge in [0.2, 0.25) is 5.91 Å². The van der Waals surface area contributed by atoms with Crippen LogP contribution in [0.5, 0.6) is 0 Å². The fraction of sp³-hybridized carbons (Fsp3) is 0.579. The van der Waals surface area contributed by atoms with Gasteiger partial charge in [0, 0.05) is 38.8 Å². The van der Waals surface area contributed by atoms with Crippen molar-refractivity contribution in [3.8, 4) is 0 Å². The van der Waals surface area contributed by atoms with Crippen molar-refractivity contribution in [3.05, 3.63) is 34.3 Å². The van der Waals surface area contributed by atoms with Crippen molar-refractivity contribution in [2.45, 2.75) is 26.8 Å². The molecule has 7 heteroatoms. The fourth-order valence-electron chi connectivity index (χ4n) is 2.04. The van der Waals surface area contributed by atoms with Crippen molar-refractivity contribution in [2.75, 3.05) is 40.9 Å². The summed E-state index contributed by atoms with van der Waals surface area (Å²) in [6.45, 7) is 6.55. The van der Waals surface area contributed by atoms with Crippen LogP contribution < -0.4 is 10.6 Å². The Labute approximate surface area is 165 Å². The monoisotopic (exact) mass is 426 g/mol. The Balaban J connectivity index is 2.72. The number of hydrogen-bond donors (Lipinski definition) is 2. The summed E-state index contributed by atoms with van der Waals surface area (Å²) in [7, 11) is 5.19. The molecule has 2 N–H and O–H groups in total. The van der Waals surface area contributed by atoms with Crippen LogP contribution >= 0.6 is 15.9 Å². The van der Waals surface area contributed by atoms with Crippen LogP contribution in [0.3, 0.4) is 0 Å². The first kappa shape index (κ1) is 22.4. The highest BCUT2D eigenvalue weighted by Gasteiger charge is 2.18. The molecule has 1 aromatic carbocycles. The van der Waals surface area contributed by atoms with Crippen molar-refractivity contribution in [3.63, 3.8) is 0 Å². The van der Waals surface area contributed by atoms with Crippen molar-refractivity contribution >= 4 is 27.8 Å². The van der Waals surface area contributed by atoms with E-state index in [0.717, 1.165) is 23.0 Å². The van der Waals surface area contributed by atoms with Crippen LogP contribution in [0.4, 0.5) is 0 Å². The molecule has 0 aliphatic rings. The van der Waals surface area contributed by atoms with Gasteiger partial charge in [-0.25, -0.2) is 4.99 Å². The summed E-state index contributed by atoms with van der Waals surface area (Å²) in [6.07, 6.45) is 0.938. The molecule has 1 aromatic rings.